The van der Waals surface area contributed by atoms with Gasteiger partial charge in [0.25, 0.3) is 11.1 Å². The van der Waals surface area contributed by atoms with E-state index in [1.54, 1.807) is 36.4 Å². The lowest BCUT2D eigenvalue weighted by Gasteiger charge is -2.14. The van der Waals surface area contributed by atoms with Crippen molar-refractivity contribution in [3.8, 4) is 23.8 Å². The molecular weight excluding hydrogens is 469 g/mol. The molecule has 1 fully saturated rings. The molecule has 0 spiro atoms. The summed E-state index contributed by atoms with van der Waals surface area (Å²) >= 11 is 19.4. The van der Waals surface area contributed by atoms with Gasteiger partial charge in [-0.1, -0.05) is 46.8 Å². The molecule has 2 aromatic rings. The first-order valence-electron chi connectivity index (χ1n) is 8.47. The van der Waals surface area contributed by atoms with Crippen molar-refractivity contribution in [2.24, 2.45) is 0 Å². The quantitative estimate of drug-likeness (QED) is 0.379. The highest BCUT2D eigenvalue weighted by Gasteiger charge is 2.35. The minimum Gasteiger partial charge on any atom is -0.493 e. The fraction of sp³-hybridized carbons (Fsp3) is 0.143. The predicted molar refractivity (Wildman–Crippen MR) is 120 cm³/mol. The summed E-state index contributed by atoms with van der Waals surface area (Å²) in [5.74, 6) is 2.55. The molecule has 0 radical (unpaired) electrons. The second-order valence-electron chi connectivity index (χ2n) is 5.99. The van der Waals surface area contributed by atoms with Gasteiger partial charge in [-0.25, -0.2) is 0 Å². The molecule has 5 nitrogen and oxygen atoms in total. The average molecular weight is 483 g/mol. The topological polar surface area (TPSA) is 55.8 Å². The Morgan fingerprint density at radius 2 is 1.87 bits per heavy atom. The highest BCUT2D eigenvalue weighted by atomic mass is 35.5. The highest BCUT2D eigenvalue weighted by Crippen LogP contribution is 2.39. The summed E-state index contributed by atoms with van der Waals surface area (Å²) in [5.41, 5.74) is 1.07. The maximum absolute atomic E-state index is 12.8. The second-order valence-corrected chi connectivity index (χ2v) is 8.21. The molecule has 2 aromatic carbocycles. The number of thioether (sulfide) groups is 1. The van der Waals surface area contributed by atoms with Crippen LogP contribution in [-0.4, -0.2) is 29.8 Å². The molecule has 154 valence electrons. The predicted octanol–water partition coefficient (Wildman–Crippen LogP) is 5.90. The molecule has 0 bridgehead atoms. The van der Waals surface area contributed by atoms with E-state index in [-0.39, 0.29) is 23.1 Å². The van der Waals surface area contributed by atoms with E-state index in [1.165, 1.54) is 7.11 Å². The Hall–Kier alpha value is -2.30. The van der Waals surface area contributed by atoms with Gasteiger partial charge in [0.1, 0.15) is 6.61 Å². The first-order valence-corrected chi connectivity index (χ1v) is 10.4. The third-order valence-corrected chi connectivity index (χ3v) is 6.00. The van der Waals surface area contributed by atoms with Gasteiger partial charge >= 0.3 is 0 Å². The molecule has 0 saturated carbocycles. The number of terminal acetylenes is 1. The Kier molecular flexibility index (Phi) is 7.22. The molecule has 0 aromatic heterocycles. The molecule has 30 heavy (non-hydrogen) atoms. The Labute approximate surface area is 192 Å². The third kappa shape index (κ3) is 4.71. The Bertz CT molecular complexity index is 1070. The number of benzene rings is 2. The SMILES string of the molecule is C#CCOc1c(Cl)cc(/C=C2\SC(=O)N(Cc3c(Cl)cccc3Cl)C2=O)cc1OC. The van der Waals surface area contributed by atoms with Crippen LogP contribution in [0.5, 0.6) is 11.5 Å². The van der Waals surface area contributed by atoms with Gasteiger partial charge in [0.2, 0.25) is 0 Å². The average Bonchev–Trinajstić information content (AvgIpc) is 2.96. The fourth-order valence-corrected chi connectivity index (χ4v) is 4.34. The zero-order chi connectivity index (χ0) is 21.8. The Balaban J connectivity index is 1.88. The monoisotopic (exact) mass is 481 g/mol. The zero-order valence-electron chi connectivity index (χ0n) is 15.6. The van der Waals surface area contributed by atoms with Gasteiger partial charge < -0.3 is 9.47 Å². The minimum atomic E-state index is -0.455. The summed E-state index contributed by atoms with van der Waals surface area (Å²) in [4.78, 5) is 26.6. The van der Waals surface area contributed by atoms with E-state index in [0.717, 1.165) is 16.7 Å². The van der Waals surface area contributed by atoms with Crippen molar-refractivity contribution in [3.05, 3.63) is 61.4 Å². The minimum absolute atomic E-state index is 0.0243. The van der Waals surface area contributed by atoms with Crippen molar-refractivity contribution in [3.63, 3.8) is 0 Å². The number of rotatable bonds is 6. The van der Waals surface area contributed by atoms with Crippen LogP contribution in [0.4, 0.5) is 4.79 Å². The summed E-state index contributed by atoms with van der Waals surface area (Å²) < 4.78 is 10.7. The maximum atomic E-state index is 12.8. The number of imide groups is 1. The molecule has 0 aliphatic carbocycles. The summed E-state index contributed by atoms with van der Waals surface area (Å²) in [5, 5.41) is 0.599. The van der Waals surface area contributed by atoms with Crippen molar-refractivity contribution in [2.45, 2.75) is 6.54 Å². The molecule has 9 heteroatoms. The lowest BCUT2D eigenvalue weighted by atomic mass is 10.1. The van der Waals surface area contributed by atoms with E-state index in [1.807, 2.05) is 0 Å². The van der Waals surface area contributed by atoms with E-state index in [9.17, 15) is 9.59 Å². The van der Waals surface area contributed by atoms with Gasteiger partial charge in [0.15, 0.2) is 11.5 Å². The molecule has 3 rings (SSSR count). The van der Waals surface area contributed by atoms with Crippen LogP contribution in [-0.2, 0) is 11.3 Å². The Morgan fingerprint density at radius 3 is 2.50 bits per heavy atom. The van der Waals surface area contributed by atoms with Gasteiger partial charge in [0.05, 0.1) is 23.6 Å². The third-order valence-electron chi connectivity index (χ3n) is 4.10. The number of hydrogen-bond acceptors (Lipinski definition) is 5. The van der Waals surface area contributed by atoms with E-state index in [0.29, 0.717) is 32.7 Å². The molecule has 0 atom stereocenters. The maximum Gasteiger partial charge on any atom is 0.293 e. The van der Waals surface area contributed by atoms with Gasteiger partial charge in [-0.15, -0.1) is 6.42 Å². The number of amides is 2. The van der Waals surface area contributed by atoms with Gasteiger partial charge in [-0.3, -0.25) is 14.5 Å². The normalized spacial score (nSPS) is 14.9. The molecule has 1 aliphatic rings. The van der Waals surface area contributed by atoms with Crippen LogP contribution in [0.1, 0.15) is 11.1 Å². The van der Waals surface area contributed by atoms with Gasteiger partial charge in [-0.05, 0) is 47.7 Å². The van der Waals surface area contributed by atoms with Crippen molar-refractivity contribution < 1.29 is 19.1 Å². The lowest BCUT2D eigenvalue weighted by Crippen LogP contribution is -2.27. The van der Waals surface area contributed by atoms with E-state index < -0.39 is 11.1 Å². The summed E-state index contributed by atoms with van der Waals surface area (Å²) in [6, 6.07) is 8.22. The number of methoxy groups -OCH3 is 1. The number of ether oxygens (including phenoxy) is 2. The number of hydrogen-bond donors (Lipinski definition) is 0. The molecular formula is C21H14Cl3NO4S. The van der Waals surface area contributed by atoms with Gasteiger partial charge in [-0.2, -0.15) is 0 Å². The molecule has 0 unspecified atom stereocenters. The number of halogens is 3. The van der Waals surface area contributed by atoms with Crippen molar-refractivity contribution >= 4 is 63.8 Å². The summed E-state index contributed by atoms with van der Waals surface area (Å²) in [7, 11) is 1.46. The molecule has 1 heterocycles. The smallest absolute Gasteiger partial charge is 0.293 e. The number of carbonyl (C=O) groups excluding carboxylic acids is 2. The fourth-order valence-electron chi connectivity index (χ4n) is 2.71. The lowest BCUT2D eigenvalue weighted by molar-refractivity contribution is -0.123. The molecule has 1 aliphatic heterocycles. The van der Waals surface area contributed by atoms with Crippen LogP contribution in [0.2, 0.25) is 15.1 Å². The van der Waals surface area contributed by atoms with E-state index in [2.05, 4.69) is 5.92 Å². The summed E-state index contributed by atoms with van der Waals surface area (Å²) in [6.07, 6.45) is 6.76. The van der Waals surface area contributed by atoms with Crippen molar-refractivity contribution in [1.82, 2.24) is 4.90 Å². The first-order chi connectivity index (χ1) is 14.3. The molecule has 2 amide bonds. The highest BCUT2D eigenvalue weighted by molar-refractivity contribution is 8.18. The van der Waals surface area contributed by atoms with Crippen LogP contribution >= 0.6 is 46.6 Å². The molecule has 1 saturated heterocycles. The standard InChI is InChI=1S/C21H14Cl3NO4S/c1-3-7-29-19-16(24)8-12(9-17(19)28-2)10-18-20(26)25(21(27)30-18)11-13-14(22)5-4-6-15(13)23/h1,4-6,8-10H,7,11H2,2H3/b18-10-. The van der Waals surface area contributed by atoms with Crippen molar-refractivity contribution in [1.29, 1.82) is 0 Å². The number of carbonyl (C=O) groups is 2. The van der Waals surface area contributed by atoms with Crippen LogP contribution in [0.25, 0.3) is 6.08 Å². The van der Waals surface area contributed by atoms with Gasteiger partial charge in [0, 0.05) is 15.6 Å². The largest absolute Gasteiger partial charge is 0.493 e. The van der Waals surface area contributed by atoms with E-state index in [4.69, 9.17) is 50.7 Å². The van der Waals surface area contributed by atoms with E-state index >= 15 is 0 Å². The summed E-state index contributed by atoms with van der Waals surface area (Å²) in [6.45, 7) is 0.00236. The molecule has 0 N–H and O–H groups in total. The second kappa shape index (κ2) is 9.67. The first kappa shape index (κ1) is 22.4. The van der Waals surface area contributed by atoms with Crippen LogP contribution < -0.4 is 9.47 Å². The zero-order valence-corrected chi connectivity index (χ0v) is 18.7. The Morgan fingerprint density at radius 1 is 1.17 bits per heavy atom. The van der Waals surface area contributed by atoms with Crippen LogP contribution in [0.3, 0.4) is 0 Å². The van der Waals surface area contributed by atoms with Crippen LogP contribution in [0, 0.1) is 12.3 Å². The van der Waals surface area contributed by atoms with Crippen LogP contribution in [0.15, 0.2) is 35.2 Å². The number of nitrogens with zero attached hydrogens (tertiary/aromatic N) is 1. The van der Waals surface area contributed by atoms with Crippen molar-refractivity contribution in [2.75, 3.05) is 13.7 Å².